The average molecular weight is 531 g/mol. The maximum atomic E-state index is 6.91. The van der Waals surface area contributed by atoms with E-state index in [1.807, 2.05) is 41.1 Å². The van der Waals surface area contributed by atoms with Crippen LogP contribution in [0.5, 0.6) is 0 Å². The van der Waals surface area contributed by atoms with Gasteiger partial charge in [0.05, 0.1) is 17.3 Å². The van der Waals surface area contributed by atoms with Crippen molar-refractivity contribution >= 4 is 43.5 Å². The number of aromatic nitrogens is 2. The van der Waals surface area contributed by atoms with Crippen LogP contribution in [0.4, 0.5) is 0 Å². The lowest BCUT2D eigenvalue weighted by atomic mass is 10.1. The molecule has 29 heavy (non-hydrogen) atoms. The molecule has 1 heterocycles. The molecule has 0 bridgehead atoms. The Morgan fingerprint density at radius 3 is 2.03 bits per heavy atom. The molecule has 2 nitrogen and oxygen atoms in total. The fraction of sp³-hybridized carbons (Fsp3) is 0.125. The molecule has 4 rings (SSSR count). The maximum absolute atomic E-state index is 6.91. The van der Waals surface area contributed by atoms with Crippen LogP contribution in [0.25, 0.3) is 22.5 Å². The molecule has 4 aromatic rings. The monoisotopic (exact) mass is 528 g/mol. The Morgan fingerprint density at radius 2 is 1.41 bits per heavy atom. The average Bonchev–Trinajstić information content (AvgIpc) is 3.02. The summed E-state index contributed by atoms with van der Waals surface area (Å²) < 4.78 is 4.08. The van der Waals surface area contributed by atoms with Gasteiger partial charge < -0.3 is 0 Å². The molecule has 146 valence electrons. The van der Waals surface area contributed by atoms with Gasteiger partial charge in [0.1, 0.15) is 5.69 Å². The fourth-order valence-electron chi connectivity index (χ4n) is 3.36. The minimum atomic E-state index is 0.662. The number of nitrogens with zero attached hydrogens (tertiary/aromatic N) is 2. The van der Waals surface area contributed by atoms with E-state index in [0.29, 0.717) is 11.6 Å². The molecule has 0 aliphatic heterocycles. The van der Waals surface area contributed by atoms with E-state index < -0.39 is 0 Å². The molecule has 0 radical (unpaired) electrons. The molecule has 0 aliphatic carbocycles. The van der Waals surface area contributed by atoms with Crippen molar-refractivity contribution in [2.45, 2.75) is 20.4 Å². The van der Waals surface area contributed by atoms with Crippen LogP contribution >= 0.6 is 43.5 Å². The summed E-state index contributed by atoms with van der Waals surface area (Å²) in [6, 6.07) is 22.8. The van der Waals surface area contributed by atoms with Gasteiger partial charge in [0.15, 0.2) is 0 Å². The van der Waals surface area contributed by atoms with Gasteiger partial charge >= 0.3 is 0 Å². The minimum absolute atomic E-state index is 0.662. The molecule has 0 fully saturated rings. The Morgan fingerprint density at radius 1 is 0.828 bits per heavy atom. The number of benzene rings is 3. The van der Waals surface area contributed by atoms with Crippen molar-refractivity contribution in [1.82, 2.24) is 9.78 Å². The van der Waals surface area contributed by atoms with Crippen LogP contribution < -0.4 is 0 Å². The van der Waals surface area contributed by atoms with Crippen molar-refractivity contribution in [1.29, 1.82) is 0 Å². The normalized spacial score (nSPS) is 11.1. The Balaban J connectivity index is 1.88. The lowest BCUT2D eigenvalue weighted by molar-refractivity contribution is 0.693. The van der Waals surface area contributed by atoms with Gasteiger partial charge in [-0.3, -0.25) is 4.68 Å². The topological polar surface area (TPSA) is 17.8 Å². The second kappa shape index (κ2) is 8.47. The second-order valence-electron chi connectivity index (χ2n) is 7.11. The Kier molecular flexibility index (Phi) is 5.95. The first-order chi connectivity index (χ1) is 13.9. The van der Waals surface area contributed by atoms with Gasteiger partial charge in [-0.1, -0.05) is 91.5 Å². The predicted octanol–water partition coefficient (Wildman–Crippen LogP) is 8.06. The van der Waals surface area contributed by atoms with Crippen molar-refractivity contribution < 1.29 is 0 Å². The van der Waals surface area contributed by atoms with Gasteiger partial charge in [0.25, 0.3) is 0 Å². The summed E-state index contributed by atoms with van der Waals surface area (Å²) in [6.07, 6.45) is 0. The summed E-state index contributed by atoms with van der Waals surface area (Å²) in [5, 5.41) is 5.60. The van der Waals surface area contributed by atoms with E-state index >= 15 is 0 Å². The molecule has 0 N–H and O–H groups in total. The molecule has 0 saturated carbocycles. The van der Waals surface area contributed by atoms with E-state index in [-0.39, 0.29) is 0 Å². The molecule has 0 atom stereocenters. The first-order valence-corrected chi connectivity index (χ1v) is 11.2. The highest BCUT2D eigenvalue weighted by atomic mass is 79.9. The standard InChI is InChI=1S/C24H19Br2ClN2/c1-15-3-4-16(2)19(13-15)14-29-24(18-7-11-21(26)12-8-18)22(27)23(28-29)17-5-9-20(25)10-6-17/h3-13H,14H2,1-2H3. The highest BCUT2D eigenvalue weighted by Crippen LogP contribution is 2.37. The van der Waals surface area contributed by atoms with Crippen LogP contribution in [0.3, 0.4) is 0 Å². The maximum Gasteiger partial charge on any atom is 0.112 e. The summed E-state index contributed by atoms with van der Waals surface area (Å²) >= 11 is 13.9. The Labute approximate surface area is 192 Å². The first kappa shape index (κ1) is 20.4. The smallest absolute Gasteiger partial charge is 0.112 e. The van der Waals surface area contributed by atoms with Gasteiger partial charge in [-0.25, -0.2) is 0 Å². The molecule has 5 heteroatoms. The Hall–Kier alpha value is -1.88. The van der Waals surface area contributed by atoms with Crippen LogP contribution in [0.2, 0.25) is 5.02 Å². The third kappa shape index (κ3) is 4.35. The zero-order valence-electron chi connectivity index (χ0n) is 16.1. The van der Waals surface area contributed by atoms with Gasteiger partial charge in [0, 0.05) is 20.1 Å². The van der Waals surface area contributed by atoms with E-state index in [1.165, 1.54) is 16.7 Å². The van der Waals surface area contributed by atoms with Crippen LogP contribution in [0.15, 0.2) is 75.7 Å². The quantitative estimate of drug-likeness (QED) is 0.261. The summed E-state index contributed by atoms with van der Waals surface area (Å²) in [7, 11) is 0. The van der Waals surface area contributed by atoms with Crippen LogP contribution in [-0.2, 0) is 6.54 Å². The number of aryl methyl sites for hydroxylation is 2. The third-order valence-electron chi connectivity index (χ3n) is 4.95. The molecular weight excluding hydrogens is 512 g/mol. The van der Waals surface area contributed by atoms with Gasteiger partial charge in [-0.15, -0.1) is 0 Å². The predicted molar refractivity (Wildman–Crippen MR) is 129 cm³/mol. The number of hydrogen-bond donors (Lipinski definition) is 0. The van der Waals surface area contributed by atoms with Crippen molar-refractivity contribution in [3.8, 4) is 22.5 Å². The lowest BCUT2D eigenvalue weighted by Gasteiger charge is -2.11. The number of hydrogen-bond acceptors (Lipinski definition) is 1. The number of halogens is 3. The van der Waals surface area contributed by atoms with Crippen molar-refractivity contribution in [3.05, 3.63) is 97.4 Å². The molecule has 0 unspecified atom stereocenters. The summed E-state index contributed by atoms with van der Waals surface area (Å²) in [6.45, 7) is 4.91. The lowest BCUT2D eigenvalue weighted by Crippen LogP contribution is -2.06. The van der Waals surface area contributed by atoms with Crippen molar-refractivity contribution in [3.63, 3.8) is 0 Å². The fourth-order valence-corrected chi connectivity index (χ4v) is 4.24. The van der Waals surface area contributed by atoms with E-state index in [2.05, 4.69) is 76.0 Å². The molecular formula is C24H19Br2ClN2. The summed E-state index contributed by atoms with van der Waals surface area (Å²) in [5.74, 6) is 0. The highest BCUT2D eigenvalue weighted by Gasteiger charge is 2.20. The summed E-state index contributed by atoms with van der Waals surface area (Å²) in [4.78, 5) is 0. The van der Waals surface area contributed by atoms with E-state index in [1.54, 1.807) is 0 Å². The zero-order chi connectivity index (χ0) is 20.5. The first-order valence-electron chi connectivity index (χ1n) is 9.26. The molecule has 0 saturated heterocycles. The molecule has 1 aromatic heterocycles. The van der Waals surface area contributed by atoms with E-state index in [9.17, 15) is 0 Å². The second-order valence-corrected chi connectivity index (χ2v) is 9.32. The van der Waals surface area contributed by atoms with Crippen molar-refractivity contribution in [2.24, 2.45) is 0 Å². The van der Waals surface area contributed by atoms with Gasteiger partial charge in [0.2, 0.25) is 0 Å². The molecule has 3 aromatic carbocycles. The van der Waals surface area contributed by atoms with Crippen LogP contribution in [0.1, 0.15) is 16.7 Å². The minimum Gasteiger partial charge on any atom is -0.258 e. The van der Waals surface area contributed by atoms with Crippen LogP contribution in [0, 0.1) is 13.8 Å². The number of rotatable bonds is 4. The Bertz CT molecular complexity index is 1160. The molecule has 0 spiro atoms. The zero-order valence-corrected chi connectivity index (χ0v) is 20.0. The van der Waals surface area contributed by atoms with E-state index in [4.69, 9.17) is 16.7 Å². The summed E-state index contributed by atoms with van der Waals surface area (Å²) in [5.41, 5.74) is 7.48. The van der Waals surface area contributed by atoms with Gasteiger partial charge in [-0.05, 0) is 49.2 Å². The van der Waals surface area contributed by atoms with E-state index in [0.717, 1.165) is 31.5 Å². The molecule has 0 amide bonds. The highest BCUT2D eigenvalue weighted by molar-refractivity contribution is 9.10. The van der Waals surface area contributed by atoms with Crippen LogP contribution in [-0.4, -0.2) is 9.78 Å². The third-order valence-corrected chi connectivity index (χ3v) is 6.37. The van der Waals surface area contributed by atoms with Crippen molar-refractivity contribution in [2.75, 3.05) is 0 Å². The van der Waals surface area contributed by atoms with Gasteiger partial charge in [-0.2, -0.15) is 5.10 Å². The molecule has 0 aliphatic rings. The SMILES string of the molecule is Cc1ccc(C)c(Cn2nc(-c3ccc(Br)cc3)c(Cl)c2-c2ccc(Br)cc2)c1. The largest absolute Gasteiger partial charge is 0.258 e.